The average molecular weight is 318 g/mol. The third-order valence-corrected chi connectivity index (χ3v) is 4.72. The molecule has 2 nitrogen and oxygen atoms in total. The van der Waals surface area contributed by atoms with Crippen LogP contribution in [0.4, 0.5) is 0 Å². The number of halogens is 2. The summed E-state index contributed by atoms with van der Waals surface area (Å²) in [6.07, 6.45) is 0. The zero-order valence-corrected chi connectivity index (χ0v) is 12.3. The topological polar surface area (TPSA) is 32.6 Å². The number of oxime groups is 1. The Bertz CT molecular complexity index is 554. The van der Waals surface area contributed by atoms with Gasteiger partial charge in [-0.25, -0.2) is 0 Å². The van der Waals surface area contributed by atoms with Crippen LogP contribution < -0.4 is 0 Å². The first-order chi connectivity index (χ1) is 8.70. The quantitative estimate of drug-likeness (QED) is 0.371. The van der Waals surface area contributed by atoms with E-state index in [0.29, 0.717) is 25.7 Å². The third-order valence-electron chi connectivity index (χ3n) is 2.21. The molecule has 1 N–H and O–H groups in total. The number of thiophene rings is 1. The molecule has 0 aliphatic carbocycles. The van der Waals surface area contributed by atoms with E-state index in [0.717, 1.165) is 4.90 Å². The zero-order valence-electron chi connectivity index (χ0n) is 9.14. The van der Waals surface area contributed by atoms with E-state index in [1.165, 1.54) is 11.3 Å². The van der Waals surface area contributed by atoms with Gasteiger partial charge in [0.2, 0.25) is 0 Å². The second kappa shape index (κ2) is 6.48. The van der Waals surface area contributed by atoms with Gasteiger partial charge in [0, 0.05) is 16.2 Å². The highest BCUT2D eigenvalue weighted by molar-refractivity contribution is 8.00. The molecule has 0 fully saturated rings. The summed E-state index contributed by atoms with van der Waals surface area (Å²) in [5.41, 5.74) is 1.22. The molecule has 1 heterocycles. The van der Waals surface area contributed by atoms with Crippen molar-refractivity contribution in [2.75, 3.05) is 5.75 Å². The van der Waals surface area contributed by atoms with E-state index in [-0.39, 0.29) is 0 Å². The van der Waals surface area contributed by atoms with E-state index < -0.39 is 0 Å². The highest BCUT2D eigenvalue weighted by atomic mass is 35.5. The number of benzene rings is 1. The Morgan fingerprint density at radius 3 is 2.56 bits per heavy atom. The van der Waals surface area contributed by atoms with Crippen LogP contribution in [0.25, 0.3) is 0 Å². The molecule has 0 aliphatic rings. The predicted molar refractivity (Wildman–Crippen MR) is 79.8 cm³/mol. The Balaban J connectivity index is 2.10. The van der Waals surface area contributed by atoms with Crippen LogP contribution in [0.3, 0.4) is 0 Å². The Hall–Kier alpha value is -0.680. The van der Waals surface area contributed by atoms with Crippen molar-refractivity contribution in [3.05, 3.63) is 50.6 Å². The molecule has 0 saturated carbocycles. The lowest BCUT2D eigenvalue weighted by atomic mass is 10.2. The molecule has 2 aromatic rings. The molecule has 0 unspecified atom stereocenters. The molecule has 0 bridgehead atoms. The molecule has 0 aliphatic heterocycles. The number of rotatable bonds is 4. The first-order valence-corrected chi connectivity index (χ1v) is 7.60. The minimum Gasteiger partial charge on any atom is -0.411 e. The largest absolute Gasteiger partial charge is 0.411 e. The average Bonchev–Trinajstić information content (AvgIpc) is 2.71. The van der Waals surface area contributed by atoms with Gasteiger partial charge >= 0.3 is 0 Å². The van der Waals surface area contributed by atoms with E-state index in [9.17, 15) is 0 Å². The molecular weight excluding hydrogens is 309 g/mol. The van der Waals surface area contributed by atoms with Gasteiger partial charge in [0.25, 0.3) is 0 Å². The van der Waals surface area contributed by atoms with Crippen molar-refractivity contribution >= 4 is 52.0 Å². The molecule has 0 saturated heterocycles. The zero-order chi connectivity index (χ0) is 13.0. The van der Waals surface area contributed by atoms with E-state index in [4.69, 9.17) is 28.4 Å². The van der Waals surface area contributed by atoms with Crippen molar-refractivity contribution in [2.45, 2.75) is 4.90 Å². The number of nitrogens with zero attached hydrogens (tertiary/aromatic N) is 1. The monoisotopic (exact) mass is 317 g/mol. The van der Waals surface area contributed by atoms with Crippen molar-refractivity contribution in [3.8, 4) is 0 Å². The summed E-state index contributed by atoms with van der Waals surface area (Å²) in [6, 6.07) is 11.6. The lowest BCUT2D eigenvalue weighted by Gasteiger charge is -2.03. The fraction of sp³-hybridized carbons (Fsp3) is 0.0833. The Kier molecular flexibility index (Phi) is 4.95. The highest BCUT2D eigenvalue weighted by Gasteiger charge is 2.13. The summed E-state index contributed by atoms with van der Waals surface area (Å²) in [7, 11) is 0. The Labute approximate surface area is 123 Å². The van der Waals surface area contributed by atoms with Gasteiger partial charge in [-0.3, -0.25) is 0 Å². The Morgan fingerprint density at radius 2 is 2.00 bits per heavy atom. The van der Waals surface area contributed by atoms with Crippen molar-refractivity contribution in [1.82, 2.24) is 0 Å². The molecule has 0 radical (unpaired) electrons. The van der Waals surface area contributed by atoms with Gasteiger partial charge in [0.1, 0.15) is 4.34 Å². The van der Waals surface area contributed by atoms with Crippen LogP contribution in [0.2, 0.25) is 8.67 Å². The lowest BCUT2D eigenvalue weighted by molar-refractivity contribution is 0.319. The molecule has 6 heteroatoms. The van der Waals surface area contributed by atoms with Gasteiger partial charge in [0.15, 0.2) is 0 Å². The van der Waals surface area contributed by atoms with Crippen LogP contribution in [0.5, 0.6) is 0 Å². The Morgan fingerprint density at radius 1 is 1.28 bits per heavy atom. The summed E-state index contributed by atoms with van der Waals surface area (Å²) in [5, 5.41) is 12.4. The van der Waals surface area contributed by atoms with E-state index in [2.05, 4.69) is 5.16 Å². The maximum Gasteiger partial charge on any atom is 0.104 e. The second-order valence-corrected chi connectivity index (χ2v) is 6.72. The summed E-state index contributed by atoms with van der Waals surface area (Å²) >= 11 is 14.8. The maximum absolute atomic E-state index is 9.07. The number of thioether (sulfide) groups is 1. The van der Waals surface area contributed by atoms with Gasteiger partial charge < -0.3 is 5.21 Å². The van der Waals surface area contributed by atoms with E-state index >= 15 is 0 Å². The standard InChI is InChI=1S/C12H9Cl2NOS2/c13-11-6-9(12(14)18-11)10(15-16)7-17-8-4-2-1-3-5-8/h1-6,16H,7H2/b15-10-. The molecule has 18 heavy (non-hydrogen) atoms. The van der Waals surface area contributed by atoms with Gasteiger partial charge in [-0.15, -0.1) is 23.1 Å². The van der Waals surface area contributed by atoms with Gasteiger partial charge in [0.05, 0.1) is 10.0 Å². The summed E-state index contributed by atoms with van der Waals surface area (Å²) in [4.78, 5) is 1.11. The molecule has 1 aromatic carbocycles. The van der Waals surface area contributed by atoms with Crippen molar-refractivity contribution < 1.29 is 5.21 Å². The lowest BCUT2D eigenvalue weighted by Crippen LogP contribution is -2.03. The molecule has 2 rings (SSSR count). The van der Waals surface area contributed by atoms with Crippen molar-refractivity contribution in [3.63, 3.8) is 0 Å². The van der Waals surface area contributed by atoms with Crippen molar-refractivity contribution in [2.24, 2.45) is 5.16 Å². The normalized spacial score (nSPS) is 11.8. The fourth-order valence-corrected chi connectivity index (χ4v) is 3.74. The SMILES string of the molecule is O/N=C(/CSc1ccccc1)c1cc(Cl)sc1Cl. The molecule has 0 spiro atoms. The predicted octanol–water partition coefficient (Wildman–Crippen LogP) is 5.03. The van der Waals surface area contributed by atoms with E-state index in [1.54, 1.807) is 17.8 Å². The maximum atomic E-state index is 9.07. The summed E-state index contributed by atoms with van der Waals surface area (Å²) in [5.74, 6) is 0.535. The van der Waals surface area contributed by atoms with Gasteiger partial charge in [-0.1, -0.05) is 46.6 Å². The van der Waals surface area contributed by atoms with Crippen LogP contribution in [0.15, 0.2) is 46.4 Å². The number of hydrogen-bond acceptors (Lipinski definition) is 4. The molecular formula is C12H9Cl2NOS2. The van der Waals surface area contributed by atoms with Crippen LogP contribution >= 0.6 is 46.3 Å². The molecule has 94 valence electrons. The van der Waals surface area contributed by atoms with Gasteiger partial charge in [-0.2, -0.15) is 0 Å². The highest BCUT2D eigenvalue weighted by Crippen LogP contribution is 2.32. The van der Waals surface area contributed by atoms with Crippen LogP contribution in [-0.4, -0.2) is 16.7 Å². The molecule has 1 aromatic heterocycles. The minimum absolute atomic E-state index is 0.525. The third kappa shape index (κ3) is 3.42. The van der Waals surface area contributed by atoms with Crippen LogP contribution in [0, 0.1) is 0 Å². The summed E-state index contributed by atoms with van der Waals surface area (Å²) < 4.78 is 1.13. The van der Waals surface area contributed by atoms with Crippen molar-refractivity contribution in [1.29, 1.82) is 0 Å². The molecule has 0 atom stereocenters. The molecule has 0 amide bonds. The fourth-order valence-electron chi connectivity index (χ4n) is 1.37. The summed E-state index contributed by atoms with van der Waals surface area (Å²) in [6.45, 7) is 0. The van der Waals surface area contributed by atoms with Gasteiger partial charge in [-0.05, 0) is 18.2 Å². The first kappa shape index (κ1) is 13.7. The first-order valence-electron chi connectivity index (χ1n) is 5.04. The minimum atomic E-state index is 0.525. The number of hydrogen-bond donors (Lipinski definition) is 1. The smallest absolute Gasteiger partial charge is 0.104 e. The van der Waals surface area contributed by atoms with Crippen LogP contribution in [0.1, 0.15) is 5.56 Å². The van der Waals surface area contributed by atoms with Crippen LogP contribution in [-0.2, 0) is 0 Å². The van der Waals surface area contributed by atoms with E-state index in [1.807, 2.05) is 30.3 Å². The second-order valence-electron chi connectivity index (χ2n) is 3.39.